The van der Waals surface area contributed by atoms with Crippen molar-refractivity contribution in [1.82, 2.24) is 20.3 Å². The van der Waals surface area contributed by atoms with E-state index in [-0.39, 0.29) is 17.2 Å². The topological polar surface area (TPSA) is 61.2 Å². The maximum atomic E-state index is 7.47. The highest BCUT2D eigenvalue weighted by Crippen LogP contribution is 2.47. The van der Waals surface area contributed by atoms with Crippen LogP contribution >= 0.6 is 0 Å². The van der Waals surface area contributed by atoms with Crippen LogP contribution in [0.2, 0.25) is 18.1 Å². The van der Waals surface area contributed by atoms with Gasteiger partial charge in [-0.05, 0) is 42.6 Å². The zero-order valence-corrected chi connectivity index (χ0v) is 23.0. The molecule has 2 atom stereocenters. The van der Waals surface area contributed by atoms with Crippen molar-refractivity contribution in [2.75, 3.05) is 6.54 Å². The quantitative estimate of drug-likeness (QED) is 0.399. The Kier molecular flexibility index (Phi) is 7.62. The van der Waals surface area contributed by atoms with Gasteiger partial charge in [0.25, 0.3) is 0 Å². The van der Waals surface area contributed by atoms with E-state index in [4.69, 9.17) is 9.16 Å². The van der Waals surface area contributed by atoms with Gasteiger partial charge in [-0.3, -0.25) is 4.68 Å². The maximum absolute atomic E-state index is 7.47. The monoisotopic (exact) mass is 492 g/mol. The summed E-state index contributed by atoms with van der Waals surface area (Å²) >= 11 is 0. The van der Waals surface area contributed by atoms with Gasteiger partial charge in [0, 0.05) is 19.1 Å². The summed E-state index contributed by atoms with van der Waals surface area (Å²) in [6, 6.07) is 21.5. The Hall–Kier alpha value is -2.32. The minimum Gasteiger partial charge on any atom is -0.402 e. The van der Waals surface area contributed by atoms with E-state index in [2.05, 4.69) is 117 Å². The second-order valence-electron chi connectivity index (χ2n) is 11.0. The fraction of sp³-hybridized carbons (Fsp3) is 0.500. The minimum atomic E-state index is -2.17. The SMILES string of the molecule is CCn1cc(CO[C@@H]2CN[C@H](C(O[Si](C)(C)C(C)(C)C)(c3ccccc3)c3ccccc3)C2)nn1. The largest absolute Gasteiger partial charge is 0.402 e. The van der Waals surface area contributed by atoms with Crippen molar-refractivity contribution in [3.05, 3.63) is 83.7 Å². The van der Waals surface area contributed by atoms with E-state index in [0.29, 0.717) is 6.61 Å². The molecule has 1 fully saturated rings. The van der Waals surface area contributed by atoms with E-state index < -0.39 is 13.9 Å². The third-order valence-electron chi connectivity index (χ3n) is 7.59. The van der Waals surface area contributed by atoms with Crippen LogP contribution in [0.5, 0.6) is 0 Å². The average molecular weight is 493 g/mol. The molecule has 0 spiro atoms. The van der Waals surface area contributed by atoms with E-state index in [9.17, 15) is 0 Å². The molecule has 1 aromatic heterocycles. The Morgan fingerprint density at radius 2 is 1.60 bits per heavy atom. The van der Waals surface area contributed by atoms with E-state index in [1.807, 2.05) is 10.9 Å². The lowest BCUT2D eigenvalue weighted by Gasteiger charge is -2.49. The summed E-state index contributed by atoms with van der Waals surface area (Å²) in [5, 5.41) is 12.2. The lowest BCUT2D eigenvalue weighted by molar-refractivity contribution is 0.0286. The first-order chi connectivity index (χ1) is 16.7. The molecule has 3 aromatic rings. The van der Waals surface area contributed by atoms with Crippen LogP contribution in [0.15, 0.2) is 66.9 Å². The molecule has 2 heterocycles. The smallest absolute Gasteiger partial charge is 0.193 e. The number of nitrogens with one attached hydrogen (secondary N) is 1. The van der Waals surface area contributed by atoms with Crippen LogP contribution in [0, 0.1) is 0 Å². The Bertz CT molecular complexity index is 1040. The van der Waals surface area contributed by atoms with Crippen molar-refractivity contribution < 1.29 is 9.16 Å². The van der Waals surface area contributed by atoms with Gasteiger partial charge in [-0.25, -0.2) is 0 Å². The van der Waals surface area contributed by atoms with E-state index in [0.717, 1.165) is 25.2 Å². The number of aromatic nitrogens is 3. The number of aryl methyl sites for hydroxylation is 1. The summed E-state index contributed by atoms with van der Waals surface area (Å²) in [5.41, 5.74) is 2.61. The highest BCUT2D eigenvalue weighted by molar-refractivity contribution is 6.74. The highest BCUT2D eigenvalue weighted by Gasteiger charge is 2.52. The summed E-state index contributed by atoms with van der Waals surface area (Å²) in [7, 11) is -2.17. The van der Waals surface area contributed by atoms with Crippen LogP contribution in [-0.2, 0) is 27.9 Å². The van der Waals surface area contributed by atoms with Crippen molar-refractivity contribution in [2.45, 2.75) is 83.1 Å². The zero-order chi connectivity index (χ0) is 25.1. The van der Waals surface area contributed by atoms with Gasteiger partial charge >= 0.3 is 0 Å². The van der Waals surface area contributed by atoms with Crippen LogP contribution in [-0.4, -0.2) is 42.0 Å². The minimum absolute atomic E-state index is 0.0674. The fourth-order valence-electron chi connectivity index (χ4n) is 4.59. The normalized spacial score (nSPS) is 19.3. The third kappa shape index (κ3) is 5.43. The molecule has 35 heavy (non-hydrogen) atoms. The molecule has 0 unspecified atom stereocenters. The van der Waals surface area contributed by atoms with Crippen molar-refractivity contribution in [3.8, 4) is 0 Å². The zero-order valence-electron chi connectivity index (χ0n) is 22.0. The summed E-state index contributed by atoms with van der Waals surface area (Å²) in [6.45, 7) is 15.7. The molecule has 1 aliphatic rings. The summed E-state index contributed by atoms with van der Waals surface area (Å²) in [5.74, 6) is 0. The molecular weight excluding hydrogens is 452 g/mol. The van der Waals surface area contributed by atoms with Crippen molar-refractivity contribution >= 4 is 8.32 Å². The Morgan fingerprint density at radius 1 is 1.00 bits per heavy atom. The second-order valence-corrected chi connectivity index (χ2v) is 15.7. The number of hydrogen-bond donors (Lipinski definition) is 1. The number of benzene rings is 2. The van der Waals surface area contributed by atoms with Crippen LogP contribution in [0.25, 0.3) is 0 Å². The first kappa shape index (κ1) is 25.8. The molecule has 188 valence electrons. The van der Waals surface area contributed by atoms with Gasteiger partial charge in [0.1, 0.15) is 11.3 Å². The molecule has 0 bridgehead atoms. The molecule has 2 aromatic carbocycles. The number of rotatable bonds is 9. The van der Waals surface area contributed by atoms with Gasteiger partial charge in [-0.2, -0.15) is 0 Å². The van der Waals surface area contributed by atoms with Crippen LogP contribution in [0.1, 0.15) is 50.9 Å². The molecule has 4 rings (SSSR count). The van der Waals surface area contributed by atoms with Gasteiger partial charge in [-0.15, -0.1) is 5.10 Å². The van der Waals surface area contributed by atoms with Gasteiger partial charge in [0.2, 0.25) is 0 Å². The molecule has 6 nitrogen and oxygen atoms in total. The highest BCUT2D eigenvalue weighted by atomic mass is 28.4. The lowest BCUT2D eigenvalue weighted by atomic mass is 9.79. The van der Waals surface area contributed by atoms with Crippen LogP contribution in [0.4, 0.5) is 0 Å². The molecule has 0 aliphatic carbocycles. The van der Waals surface area contributed by atoms with Gasteiger partial charge in [-0.1, -0.05) is 86.6 Å². The molecule has 0 radical (unpaired) electrons. The number of nitrogens with zero attached hydrogens (tertiary/aromatic N) is 3. The summed E-state index contributed by atoms with van der Waals surface area (Å²) in [6.07, 6.45) is 2.88. The maximum Gasteiger partial charge on any atom is 0.193 e. The lowest BCUT2D eigenvalue weighted by Crippen LogP contribution is -2.56. The van der Waals surface area contributed by atoms with Crippen molar-refractivity contribution in [1.29, 1.82) is 0 Å². The molecule has 1 aliphatic heterocycles. The van der Waals surface area contributed by atoms with Crippen LogP contribution in [0.3, 0.4) is 0 Å². The van der Waals surface area contributed by atoms with E-state index in [1.54, 1.807) is 0 Å². The summed E-state index contributed by atoms with van der Waals surface area (Å²) < 4.78 is 15.6. The van der Waals surface area contributed by atoms with Gasteiger partial charge in [0.15, 0.2) is 8.32 Å². The van der Waals surface area contributed by atoms with Crippen LogP contribution < -0.4 is 5.32 Å². The Labute approximate surface area is 211 Å². The molecule has 0 saturated carbocycles. The molecule has 7 heteroatoms. The molecule has 0 amide bonds. The molecule has 1 saturated heterocycles. The predicted octanol–water partition coefficient (Wildman–Crippen LogP) is 5.51. The molecule has 1 N–H and O–H groups in total. The average Bonchev–Trinajstić information content (AvgIpc) is 3.51. The standard InChI is InChI=1S/C28H40N4O2Si/c1-7-32-20-24(30-31-32)21-33-25-18-26(29-19-25)28(22-14-10-8-11-15-22,23-16-12-9-13-17-23)34-35(5,6)27(2,3)4/h8-17,20,25-26,29H,7,18-19,21H2,1-6H3/t25-,26-/m0/s1. The second kappa shape index (κ2) is 10.3. The van der Waals surface area contributed by atoms with Crippen molar-refractivity contribution in [3.63, 3.8) is 0 Å². The predicted molar refractivity (Wildman–Crippen MR) is 143 cm³/mol. The number of hydrogen-bond acceptors (Lipinski definition) is 5. The first-order valence-corrected chi connectivity index (χ1v) is 15.6. The van der Waals surface area contributed by atoms with E-state index >= 15 is 0 Å². The van der Waals surface area contributed by atoms with E-state index in [1.165, 1.54) is 11.1 Å². The van der Waals surface area contributed by atoms with Crippen molar-refractivity contribution in [2.24, 2.45) is 0 Å². The fourth-order valence-corrected chi connectivity index (χ4v) is 6.08. The van der Waals surface area contributed by atoms with Gasteiger partial charge < -0.3 is 14.5 Å². The Balaban J connectivity index is 1.68. The Morgan fingerprint density at radius 3 is 2.11 bits per heavy atom. The number of ether oxygens (including phenoxy) is 1. The first-order valence-electron chi connectivity index (χ1n) is 12.7. The summed E-state index contributed by atoms with van der Waals surface area (Å²) in [4.78, 5) is 0. The molecular formula is C28H40N4O2Si. The van der Waals surface area contributed by atoms with Gasteiger partial charge in [0.05, 0.1) is 18.9 Å². The third-order valence-corrected chi connectivity index (χ3v) is 12.0.